The van der Waals surface area contributed by atoms with E-state index in [0.29, 0.717) is 17.9 Å². The van der Waals surface area contributed by atoms with Gasteiger partial charge < -0.3 is 9.80 Å². The number of nitrogens with one attached hydrogen (secondary N) is 1. The molecule has 2 amide bonds. The number of aromatic nitrogens is 2. The Hall–Kier alpha value is -1.89. The van der Waals surface area contributed by atoms with Gasteiger partial charge in [-0.25, -0.2) is 0 Å². The summed E-state index contributed by atoms with van der Waals surface area (Å²) in [5.41, 5.74) is 1.14. The SMILES string of the molecule is CN(CCc1cn[nH]c1)C(=O)[C@H]1CCCN(C2CCN(C(=O)C3CC3)CC2)C1. The largest absolute Gasteiger partial charge is 0.345 e. The van der Waals surface area contributed by atoms with Gasteiger partial charge in [0.1, 0.15) is 0 Å². The van der Waals surface area contributed by atoms with Crippen molar-refractivity contribution in [1.29, 1.82) is 0 Å². The van der Waals surface area contributed by atoms with Gasteiger partial charge in [-0.1, -0.05) is 0 Å². The Labute approximate surface area is 167 Å². The molecule has 3 fully saturated rings. The number of aromatic amines is 1. The fourth-order valence-electron chi connectivity index (χ4n) is 4.71. The molecule has 154 valence electrons. The molecule has 2 saturated heterocycles. The van der Waals surface area contributed by atoms with Gasteiger partial charge in [-0.05, 0) is 57.1 Å². The first-order valence-corrected chi connectivity index (χ1v) is 10.9. The van der Waals surface area contributed by atoms with Crippen LogP contribution in [-0.2, 0) is 16.0 Å². The third-order valence-corrected chi connectivity index (χ3v) is 6.69. The predicted octanol–water partition coefficient (Wildman–Crippen LogP) is 1.52. The third-order valence-electron chi connectivity index (χ3n) is 6.69. The minimum Gasteiger partial charge on any atom is -0.345 e. The summed E-state index contributed by atoms with van der Waals surface area (Å²) in [4.78, 5) is 31.7. The van der Waals surface area contributed by atoms with Crippen LogP contribution in [0.2, 0.25) is 0 Å². The lowest BCUT2D eigenvalue weighted by Crippen LogP contribution is -2.52. The number of amides is 2. The highest BCUT2D eigenvalue weighted by molar-refractivity contribution is 5.81. The first-order chi connectivity index (χ1) is 13.6. The Morgan fingerprint density at radius 2 is 1.93 bits per heavy atom. The van der Waals surface area contributed by atoms with Gasteiger partial charge in [0.15, 0.2) is 0 Å². The number of hydrogen-bond donors (Lipinski definition) is 1. The summed E-state index contributed by atoms with van der Waals surface area (Å²) in [5, 5.41) is 6.79. The Balaban J connectivity index is 1.24. The normalized spacial score (nSPS) is 24.3. The molecule has 0 unspecified atom stereocenters. The third kappa shape index (κ3) is 4.57. The second kappa shape index (κ2) is 8.64. The summed E-state index contributed by atoms with van der Waals surface area (Å²) >= 11 is 0. The second-order valence-electron chi connectivity index (χ2n) is 8.78. The van der Waals surface area contributed by atoms with Crippen LogP contribution in [0.15, 0.2) is 12.4 Å². The van der Waals surface area contributed by atoms with E-state index in [-0.39, 0.29) is 11.8 Å². The Kier molecular flexibility index (Phi) is 5.99. The maximum absolute atomic E-state index is 12.9. The van der Waals surface area contributed by atoms with E-state index in [4.69, 9.17) is 0 Å². The highest BCUT2D eigenvalue weighted by Crippen LogP contribution is 2.32. The maximum atomic E-state index is 12.9. The van der Waals surface area contributed by atoms with Crippen LogP contribution in [0.3, 0.4) is 0 Å². The lowest BCUT2D eigenvalue weighted by atomic mass is 9.92. The van der Waals surface area contributed by atoms with E-state index < -0.39 is 0 Å². The topological polar surface area (TPSA) is 72.5 Å². The summed E-state index contributed by atoms with van der Waals surface area (Å²) in [5.74, 6) is 1.08. The van der Waals surface area contributed by atoms with Gasteiger partial charge in [0.25, 0.3) is 0 Å². The highest BCUT2D eigenvalue weighted by atomic mass is 16.2. The lowest BCUT2D eigenvalue weighted by Gasteiger charge is -2.42. The van der Waals surface area contributed by atoms with Crippen LogP contribution in [0.1, 0.15) is 44.1 Å². The van der Waals surface area contributed by atoms with Crippen LogP contribution < -0.4 is 0 Å². The van der Waals surface area contributed by atoms with E-state index in [1.54, 1.807) is 0 Å². The molecule has 1 N–H and O–H groups in total. The molecular weight excluding hydrogens is 354 g/mol. The number of carbonyl (C=O) groups is 2. The van der Waals surface area contributed by atoms with E-state index in [1.807, 2.05) is 24.3 Å². The van der Waals surface area contributed by atoms with E-state index in [0.717, 1.165) is 83.2 Å². The van der Waals surface area contributed by atoms with Crippen molar-refractivity contribution in [3.05, 3.63) is 18.0 Å². The molecule has 0 bridgehead atoms. The molecule has 1 atom stereocenters. The zero-order valence-electron chi connectivity index (χ0n) is 17.0. The summed E-state index contributed by atoms with van der Waals surface area (Å²) in [6.07, 6.45) is 10.9. The summed E-state index contributed by atoms with van der Waals surface area (Å²) in [6.45, 7) is 4.47. The van der Waals surface area contributed by atoms with E-state index in [2.05, 4.69) is 20.0 Å². The van der Waals surface area contributed by atoms with Crippen LogP contribution in [0.5, 0.6) is 0 Å². The van der Waals surface area contributed by atoms with Gasteiger partial charge in [-0.15, -0.1) is 0 Å². The zero-order chi connectivity index (χ0) is 19.5. The number of piperidine rings is 2. The van der Waals surface area contributed by atoms with E-state index in [1.165, 1.54) is 0 Å². The van der Waals surface area contributed by atoms with Gasteiger partial charge in [-0.2, -0.15) is 5.10 Å². The quantitative estimate of drug-likeness (QED) is 0.803. The molecule has 2 aliphatic heterocycles. The molecule has 7 heteroatoms. The lowest BCUT2D eigenvalue weighted by molar-refractivity contribution is -0.136. The Bertz CT molecular complexity index is 664. The number of likely N-dealkylation sites (N-methyl/N-ethyl adjacent to an activating group) is 1. The van der Waals surface area contributed by atoms with Crippen molar-refractivity contribution < 1.29 is 9.59 Å². The average Bonchev–Trinajstić information content (AvgIpc) is 3.46. The van der Waals surface area contributed by atoms with E-state index >= 15 is 0 Å². The van der Waals surface area contributed by atoms with Crippen LogP contribution in [-0.4, -0.2) is 82.5 Å². The van der Waals surface area contributed by atoms with Gasteiger partial charge in [0, 0.05) is 51.4 Å². The molecule has 3 aliphatic rings. The number of rotatable bonds is 6. The average molecular weight is 388 g/mol. The Morgan fingerprint density at radius 3 is 2.61 bits per heavy atom. The monoisotopic (exact) mass is 387 g/mol. The van der Waals surface area contributed by atoms with Crippen molar-refractivity contribution >= 4 is 11.8 Å². The molecule has 28 heavy (non-hydrogen) atoms. The fraction of sp³-hybridized carbons (Fsp3) is 0.762. The van der Waals surface area contributed by atoms with E-state index in [9.17, 15) is 9.59 Å². The first-order valence-electron chi connectivity index (χ1n) is 10.9. The molecule has 1 aliphatic carbocycles. The minimum absolute atomic E-state index is 0.106. The van der Waals surface area contributed by atoms with Crippen molar-refractivity contribution in [1.82, 2.24) is 24.9 Å². The summed E-state index contributed by atoms with van der Waals surface area (Å²) in [7, 11) is 1.92. The summed E-state index contributed by atoms with van der Waals surface area (Å²) < 4.78 is 0. The van der Waals surface area contributed by atoms with Crippen molar-refractivity contribution in [2.24, 2.45) is 11.8 Å². The van der Waals surface area contributed by atoms with Crippen LogP contribution in [0, 0.1) is 11.8 Å². The molecular formula is C21H33N5O2. The molecule has 4 rings (SSSR count). The second-order valence-corrected chi connectivity index (χ2v) is 8.78. The van der Waals surface area contributed by atoms with Crippen molar-refractivity contribution in [3.63, 3.8) is 0 Å². The van der Waals surface area contributed by atoms with Crippen LogP contribution in [0.4, 0.5) is 0 Å². The molecule has 0 radical (unpaired) electrons. The standard InChI is InChI=1S/C21H33N5O2/c1-24(10-6-16-13-22-23-14-16)20(27)18-3-2-9-26(15-18)19-7-11-25(12-8-19)21(28)17-4-5-17/h13-14,17-19H,2-12,15H2,1H3,(H,22,23)/t18-/m0/s1. The number of carbonyl (C=O) groups excluding carboxylic acids is 2. The van der Waals surface area contributed by atoms with Crippen molar-refractivity contribution in [2.75, 3.05) is 39.8 Å². The molecule has 1 aromatic rings. The minimum atomic E-state index is 0.106. The first kappa shape index (κ1) is 19.4. The highest BCUT2D eigenvalue weighted by Gasteiger charge is 2.37. The predicted molar refractivity (Wildman–Crippen MR) is 107 cm³/mol. The molecule has 0 spiro atoms. The zero-order valence-corrected chi connectivity index (χ0v) is 17.0. The smallest absolute Gasteiger partial charge is 0.226 e. The van der Waals surface area contributed by atoms with Gasteiger partial charge in [-0.3, -0.25) is 19.6 Å². The maximum Gasteiger partial charge on any atom is 0.226 e. The fourth-order valence-corrected chi connectivity index (χ4v) is 4.71. The number of likely N-dealkylation sites (tertiary alicyclic amines) is 2. The van der Waals surface area contributed by atoms with Gasteiger partial charge in [0.05, 0.1) is 12.1 Å². The number of nitrogens with zero attached hydrogens (tertiary/aromatic N) is 4. The molecule has 1 aromatic heterocycles. The number of hydrogen-bond acceptors (Lipinski definition) is 4. The van der Waals surface area contributed by atoms with Gasteiger partial charge >= 0.3 is 0 Å². The molecule has 1 saturated carbocycles. The van der Waals surface area contributed by atoms with Gasteiger partial charge in [0.2, 0.25) is 11.8 Å². The van der Waals surface area contributed by atoms with Crippen LogP contribution >= 0.6 is 0 Å². The Morgan fingerprint density at radius 1 is 1.14 bits per heavy atom. The van der Waals surface area contributed by atoms with Crippen molar-refractivity contribution in [2.45, 2.75) is 51.0 Å². The molecule has 7 nitrogen and oxygen atoms in total. The summed E-state index contributed by atoms with van der Waals surface area (Å²) in [6, 6.07) is 0.523. The molecule has 0 aromatic carbocycles. The van der Waals surface area contributed by atoms with Crippen LogP contribution in [0.25, 0.3) is 0 Å². The number of H-pyrrole nitrogens is 1. The molecule has 3 heterocycles. The van der Waals surface area contributed by atoms with Crippen molar-refractivity contribution in [3.8, 4) is 0 Å².